The Balaban J connectivity index is 1.40. The van der Waals surface area contributed by atoms with E-state index < -0.39 is 53.8 Å². The number of primary amides is 1. The van der Waals surface area contributed by atoms with Gasteiger partial charge in [-0.1, -0.05) is 66.7 Å². The van der Waals surface area contributed by atoms with Crippen LogP contribution in [0.5, 0.6) is 0 Å². The number of aromatic nitrogens is 2. The van der Waals surface area contributed by atoms with Gasteiger partial charge in [0.15, 0.2) is 0 Å². The second-order valence-electron chi connectivity index (χ2n) is 12.0. The number of carbonyl (C=O) groups excluding carboxylic acids is 4. The molecule has 4 amide bonds. The molecule has 0 radical (unpaired) electrons. The molecular formula is C36H39N7O6. The minimum Gasteiger partial charge on any atom is -0.480 e. The minimum absolute atomic E-state index is 0.00524. The molecule has 13 nitrogen and oxygen atoms in total. The summed E-state index contributed by atoms with van der Waals surface area (Å²) < 4.78 is 0. The molecule has 0 fully saturated rings. The molecule has 0 aliphatic rings. The first-order valence-corrected chi connectivity index (χ1v) is 15.9. The fourth-order valence-electron chi connectivity index (χ4n) is 5.76. The van der Waals surface area contributed by atoms with Crippen LogP contribution in [-0.4, -0.2) is 68.8 Å². The number of para-hydroxylation sites is 2. The number of carbonyl (C=O) groups is 5. The first-order chi connectivity index (χ1) is 23.6. The number of rotatable bonds is 16. The molecule has 4 unspecified atom stereocenters. The van der Waals surface area contributed by atoms with E-state index in [4.69, 9.17) is 11.5 Å². The molecule has 4 atom stereocenters. The number of aromatic amines is 2. The SMILES string of the molecule is NC(=O)CCC(N)C(=O)NC(Cc1ccccc1)C(=O)NC(Cc1c[nH]c2ccccc12)C(=O)NC(Cc1c[nH]c2ccccc12)C(=O)O. The molecule has 2 aromatic heterocycles. The Hall–Kier alpha value is -5.95. The van der Waals surface area contributed by atoms with Gasteiger partial charge in [-0.25, -0.2) is 4.79 Å². The highest BCUT2D eigenvalue weighted by Crippen LogP contribution is 2.21. The van der Waals surface area contributed by atoms with Gasteiger partial charge in [-0.2, -0.15) is 0 Å². The molecule has 3 aromatic carbocycles. The Morgan fingerprint density at radius 2 is 1.10 bits per heavy atom. The molecule has 0 spiro atoms. The molecule has 5 aromatic rings. The average Bonchev–Trinajstić information content (AvgIpc) is 3.70. The van der Waals surface area contributed by atoms with Crippen LogP contribution < -0.4 is 27.4 Å². The lowest BCUT2D eigenvalue weighted by Crippen LogP contribution is -2.58. The summed E-state index contributed by atoms with van der Waals surface area (Å²) >= 11 is 0. The third-order valence-electron chi connectivity index (χ3n) is 8.40. The first-order valence-electron chi connectivity index (χ1n) is 15.9. The lowest BCUT2D eigenvalue weighted by atomic mass is 10.0. The molecule has 254 valence electrons. The summed E-state index contributed by atoms with van der Waals surface area (Å²) in [5.41, 5.74) is 15.0. The van der Waals surface area contributed by atoms with E-state index in [1.807, 2.05) is 54.6 Å². The van der Waals surface area contributed by atoms with Gasteiger partial charge in [0.2, 0.25) is 23.6 Å². The summed E-state index contributed by atoms with van der Waals surface area (Å²) in [7, 11) is 0. The van der Waals surface area contributed by atoms with Crippen molar-refractivity contribution in [3.8, 4) is 0 Å². The molecule has 13 heteroatoms. The zero-order valence-electron chi connectivity index (χ0n) is 26.6. The van der Waals surface area contributed by atoms with E-state index in [0.717, 1.165) is 32.9 Å². The quantitative estimate of drug-likeness (QED) is 0.0779. The number of fused-ring (bicyclic) bond motifs is 2. The maximum Gasteiger partial charge on any atom is 0.326 e. The summed E-state index contributed by atoms with van der Waals surface area (Å²) in [6.45, 7) is 0. The summed E-state index contributed by atoms with van der Waals surface area (Å²) in [4.78, 5) is 70.9. The zero-order chi connectivity index (χ0) is 34.9. The normalized spacial score (nSPS) is 13.7. The molecule has 0 saturated heterocycles. The van der Waals surface area contributed by atoms with Gasteiger partial charge in [-0.15, -0.1) is 0 Å². The van der Waals surface area contributed by atoms with Gasteiger partial charge >= 0.3 is 5.97 Å². The zero-order valence-corrected chi connectivity index (χ0v) is 26.6. The van der Waals surface area contributed by atoms with Crippen LogP contribution in [0.15, 0.2) is 91.3 Å². The molecule has 5 rings (SSSR count). The summed E-state index contributed by atoms with van der Waals surface area (Å²) in [5, 5.41) is 19.9. The monoisotopic (exact) mass is 665 g/mol. The molecule has 10 N–H and O–H groups in total. The second-order valence-corrected chi connectivity index (χ2v) is 12.0. The van der Waals surface area contributed by atoms with Crippen molar-refractivity contribution in [3.05, 3.63) is 108 Å². The molecule has 0 bridgehead atoms. The third kappa shape index (κ3) is 8.90. The highest BCUT2D eigenvalue weighted by molar-refractivity contribution is 5.95. The van der Waals surface area contributed by atoms with Crippen LogP contribution in [0.3, 0.4) is 0 Å². The largest absolute Gasteiger partial charge is 0.480 e. The predicted molar refractivity (Wildman–Crippen MR) is 184 cm³/mol. The van der Waals surface area contributed by atoms with Crippen molar-refractivity contribution in [2.75, 3.05) is 0 Å². The van der Waals surface area contributed by atoms with E-state index in [1.54, 1.807) is 36.7 Å². The highest BCUT2D eigenvalue weighted by atomic mass is 16.4. The summed E-state index contributed by atoms with van der Waals surface area (Å²) in [6, 6.07) is 19.1. The van der Waals surface area contributed by atoms with E-state index in [1.165, 1.54) is 0 Å². The number of carboxylic acids is 1. The Morgan fingerprint density at radius 3 is 1.65 bits per heavy atom. The number of nitrogens with one attached hydrogen (secondary N) is 5. The lowest BCUT2D eigenvalue weighted by molar-refractivity contribution is -0.142. The number of nitrogens with two attached hydrogens (primary N) is 2. The van der Waals surface area contributed by atoms with Gasteiger partial charge in [0.1, 0.15) is 18.1 Å². The number of H-pyrrole nitrogens is 2. The molecule has 0 saturated carbocycles. The molecule has 49 heavy (non-hydrogen) atoms. The van der Waals surface area contributed by atoms with Crippen molar-refractivity contribution in [1.82, 2.24) is 25.9 Å². The standard InChI is InChI=1S/C36H39N7O6/c37-26(14-15-32(38)44)33(45)41-29(16-21-8-2-1-3-9-21)34(46)42-30(17-22-19-39-27-12-6-4-10-24(22)27)35(47)43-31(36(48)49)18-23-20-40-28-13-7-5-11-25(23)28/h1-13,19-20,26,29-31,39-40H,14-18,37H2,(H2,38,44)(H,41,45)(H,42,46)(H,43,47)(H,48,49). The first kappa shape index (κ1) is 34.4. The number of hydrogen-bond donors (Lipinski definition) is 8. The van der Waals surface area contributed by atoms with E-state index in [2.05, 4.69) is 25.9 Å². The van der Waals surface area contributed by atoms with Gasteiger partial charge in [0.05, 0.1) is 6.04 Å². The van der Waals surface area contributed by atoms with Crippen LogP contribution >= 0.6 is 0 Å². The van der Waals surface area contributed by atoms with Crippen molar-refractivity contribution in [1.29, 1.82) is 0 Å². The summed E-state index contributed by atoms with van der Waals surface area (Å²) in [6.07, 6.45) is 3.40. The number of amides is 4. The molecular weight excluding hydrogens is 626 g/mol. The van der Waals surface area contributed by atoms with Crippen LogP contribution in [0.1, 0.15) is 29.5 Å². The van der Waals surface area contributed by atoms with Crippen LogP contribution in [0, 0.1) is 0 Å². The van der Waals surface area contributed by atoms with Crippen molar-refractivity contribution < 1.29 is 29.1 Å². The van der Waals surface area contributed by atoms with Crippen LogP contribution in [0.2, 0.25) is 0 Å². The predicted octanol–water partition coefficient (Wildman–Crippen LogP) is 1.81. The average molecular weight is 666 g/mol. The number of aliphatic carboxylic acids is 1. The topological polar surface area (TPSA) is 225 Å². The van der Waals surface area contributed by atoms with E-state index >= 15 is 0 Å². The van der Waals surface area contributed by atoms with Crippen molar-refractivity contribution in [2.24, 2.45) is 11.5 Å². The Kier molecular flexibility index (Phi) is 11.1. The summed E-state index contributed by atoms with van der Waals surface area (Å²) in [5.74, 6) is -3.91. The molecule has 0 aliphatic heterocycles. The maximum absolute atomic E-state index is 14.0. The fraction of sp³-hybridized carbons (Fsp3) is 0.250. The van der Waals surface area contributed by atoms with Crippen LogP contribution in [-0.2, 0) is 43.2 Å². The molecule has 2 heterocycles. The van der Waals surface area contributed by atoms with Gasteiger partial charge < -0.3 is 42.5 Å². The number of hydrogen-bond acceptors (Lipinski definition) is 6. The molecule has 0 aliphatic carbocycles. The van der Waals surface area contributed by atoms with E-state index in [0.29, 0.717) is 5.56 Å². The van der Waals surface area contributed by atoms with Crippen molar-refractivity contribution in [3.63, 3.8) is 0 Å². The number of benzene rings is 3. The fourth-order valence-corrected chi connectivity index (χ4v) is 5.76. The highest BCUT2D eigenvalue weighted by Gasteiger charge is 2.31. The van der Waals surface area contributed by atoms with Crippen LogP contribution in [0.25, 0.3) is 21.8 Å². The van der Waals surface area contributed by atoms with Crippen molar-refractivity contribution in [2.45, 2.75) is 56.3 Å². The minimum atomic E-state index is -1.31. The maximum atomic E-state index is 14.0. The van der Waals surface area contributed by atoms with Crippen molar-refractivity contribution >= 4 is 51.4 Å². The Bertz CT molecular complexity index is 1950. The lowest BCUT2D eigenvalue weighted by Gasteiger charge is -2.25. The second kappa shape index (κ2) is 15.8. The van der Waals surface area contributed by atoms with Gasteiger partial charge in [-0.3, -0.25) is 19.2 Å². The van der Waals surface area contributed by atoms with Gasteiger partial charge in [0, 0.05) is 59.9 Å². The number of carboxylic acid groups (broad SMARTS) is 1. The Labute approximate surface area is 281 Å². The third-order valence-corrected chi connectivity index (χ3v) is 8.40. The van der Waals surface area contributed by atoms with E-state index in [-0.39, 0.29) is 32.1 Å². The Morgan fingerprint density at radius 1 is 0.633 bits per heavy atom. The van der Waals surface area contributed by atoms with Gasteiger partial charge in [-0.05, 0) is 35.2 Å². The smallest absolute Gasteiger partial charge is 0.326 e. The van der Waals surface area contributed by atoms with Gasteiger partial charge in [0.25, 0.3) is 0 Å². The van der Waals surface area contributed by atoms with Crippen LogP contribution in [0.4, 0.5) is 0 Å². The van der Waals surface area contributed by atoms with E-state index in [9.17, 15) is 29.1 Å².